The van der Waals surface area contributed by atoms with Gasteiger partial charge in [0, 0.05) is 64.3 Å². The smallest absolute Gasteiger partial charge is 0.246 e. The number of carbonyl (C=O) groups is 2. The summed E-state index contributed by atoms with van der Waals surface area (Å²) in [6.07, 6.45) is 5.66. The molecule has 9 heteroatoms. The molecule has 1 aromatic carbocycles. The Morgan fingerprint density at radius 1 is 1.09 bits per heavy atom. The lowest BCUT2D eigenvalue weighted by Gasteiger charge is -2.35. The van der Waals surface area contributed by atoms with Crippen molar-refractivity contribution < 1.29 is 19.8 Å². The van der Waals surface area contributed by atoms with Crippen LogP contribution in [0.5, 0.6) is 0 Å². The van der Waals surface area contributed by atoms with Crippen molar-refractivity contribution in [3.8, 4) is 0 Å². The lowest BCUT2D eigenvalue weighted by Crippen LogP contribution is -2.45. The number of aliphatic hydroxyl groups excluding tert-OH is 2. The monoisotopic (exact) mass is 497 g/mol. The topological polar surface area (TPSA) is 84.3 Å². The average molecular weight is 498 g/mol. The number of hydrogen-bond acceptors (Lipinski definition) is 5. The Kier molecular flexibility index (Phi) is 10.0. The van der Waals surface area contributed by atoms with Gasteiger partial charge >= 0.3 is 0 Å². The Bertz CT molecular complexity index is 851. The number of amides is 2. The molecule has 2 aliphatic heterocycles. The van der Waals surface area contributed by atoms with E-state index in [9.17, 15) is 19.8 Å². The SMILES string of the molecule is O=C(/C=C/c1ccc(Cl)c(Cl)c1)N1CCC(=O)N(CCCCN2CCC(O)C(CO)C2)CC1. The fourth-order valence-corrected chi connectivity index (χ4v) is 4.63. The molecule has 182 valence electrons. The van der Waals surface area contributed by atoms with Crippen LogP contribution in [0.15, 0.2) is 24.3 Å². The maximum atomic E-state index is 12.6. The molecule has 0 bridgehead atoms. The summed E-state index contributed by atoms with van der Waals surface area (Å²) in [6.45, 7) is 4.61. The van der Waals surface area contributed by atoms with Gasteiger partial charge in [0.2, 0.25) is 11.8 Å². The second-order valence-electron chi connectivity index (χ2n) is 8.77. The highest BCUT2D eigenvalue weighted by atomic mass is 35.5. The molecule has 2 N–H and O–H groups in total. The van der Waals surface area contributed by atoms with Gasteiger partial charge < -0.3 is 24.9 Å². The molecule has 2 atom stereocenters. The molecular formula is C24H33Cl2N3O4. The Labute approximate surface area is 205 Å². The summed E-state index contributed by atoms with van der Waals surface area (Å²) in [6, 6.07) is 5.19. The maximum Gasteiger partial charge on any atom is 0.246 e. The van der Waals surface area contributed by atoms with E-state index in [2.05, 4.69) is 4.90 Å². The standard InChI is InChI=1S/C24H33Cl2N3O4/c25-20-5-3-18(15-21(20)26)4-6-23(32)29-12-8-24(33)28(13-14-29)10-2-1-9-27-11-7-22(31)19(16-27)17-30/h3-6,15,19,22,30-31H,1-2,7-14,16-17H2/b6-4+. The van der Waals surface area contributed by atoms with Crippen LogP contribution in [0, 0.1) is 5.92 Å². The first kappa shape index (κ1) is 26.0. The van der Waals surface area contributed by atoms with Crippen molar-refractivity contribution >= 4 is 41.1 Å². The molecule has 2 heterocycles. The second kappa shape index (κ2) is 12.7. The van der Waals surface area contributed by atoms with Crippen molar-refractivity contribution in [2.75, 3.05) is 52.4 Å². The molecule has 3 rings (SSSR count). The average Bonchev–Trinajstić information content (AvgIpc) is 2.99. The lowest BCUT2D eigenvalue weighted by atomic mass is 9.95. The molecule has 2 amide bonds. The third kappa shape index (κ3) is 7.69. The minimum absolute atomic E-state index is 0.0117. The van der Waals surface area contributed by atoms with Gasteiger partial charge in [-0.3, -0.25) is 9.59 Å². The highest BCUT2D eigenvalue weighted by molar-refractivity contribution is 6.42. The van der Waals surface area contributed by atoms with Gasteiger partial charge in [0.05, 0.1) is 16.1 Å². The van der Waals surface area contributed by atoms with Crippen molar-refractivity contribution in [3.63, 3.8) is 0 Å². The quantitative estimate of drug-likeness (QED) is 0.425. The van der Waals surface area contributed by atoms with E-state index in [4.69, 9.17) is 23.2 Å². The first-order valence-electron chi connectivity index (χ1n) is 11.6. The van der Waals surface area contributed by atoms with Crippen molar-refractivity contribution in [1.82, 2.24) is 14.7 Å². The van der Waals surface area contributed by atoms with E-state index in [-0.39, 0.29) is 24.3 Å². The first-order chi connectivity index (χ1) is 15.9. The maximum absolute atomic E-state index is 12.6. The number of aliphatic hydroxyl groups is 2. The molecule has 2 saturated heterocycles. The fourth-order valence-electron chi connectivity index (χ4n) is 4.33. The van der Waals surface area contributed by atoms with Gasteiger partial charge in [0.15, 0.2) is 0 Å². The molecule has 0 saturated carbocycles. The molecular weight excluding hydrogens is 465 g/mol. The van der Waals surface area contributed by atoms with Crippen molar-refractivity contribution in [2.24, 2.45) is 5.92 Å². The zero-order chi connectivity index (χ0) is 23.8. The molecule has 1 aromatic rings. The van der Waals surface area contributed by atoms with Crippen LogP contribution >= 0.6 is 23.2 Å². The highest BCUT2D eigenvalue weighted by Crippen LogP contribution is 2.23. The van der Waals surface area contributed by atoms with Crippen LogP contribution in [-0.2, 0) is 9.59 Å². The number of hydrogen-bond donors (Lipinski definition) is 2. The number of rotatable bonds is 8. The van der Waals surface area contributed by atoms with Gasteiger partial charge in [-0.15, -0.1) is 0 Å². The summed E-state index contributed by atoms with van der Waals surface area (Å²) in [5, 5.41) is 20.2. The highest BCUT2D eigenvalue weighted by Gasteiger charge is 2.27. The van der Waals surface area contributed by atoms with E-state index >= 15 is 0 Å². The number of likely N-dealkylation sites (tertiary alicyclic amines) is 1. The summed E-state index contributed by atoms with van der Waals surface area (Å²) >= 11 is 11.9. The first-order valence-corrected chi connectivity index (χ1v) is 12.3. The van der Waals surface area contributed by atoms with Crippen molar-refractivity contribution in [3.05, 3.63) is 39.9 Å². The minimum atomic E-state index is -0.412. The predicted octanol–water partition coefficient (Wildman–Crippen LogP) is 2.52. The van der Waals surface area contributed by atoms with Crippen LogP contribution in [0.3, 0.4) is 0 Å². The Hall–Kier alpha value is -1.64. The minimum Gasteiger partial charge on any atom is -0.396 e. The van der Waals surface area contributed by atoms with Gasteiger partial charge in [-0.05, 0) is 49.6 Å². The molecule has 2 fully saturated rings. The van der Waals surface area contributed by atoms with Crippen LogP contribution in [0.1, 0.15) is 31.2 Å². The van der Waals surface area contributed by atoms with Crippen LogP contribution < -0.4 is 0 Å². The third-order valence-electron chi connectivity index (χ3n) is 6.43. The van der Waals surface area contributed by atoms with Gasteiger partial charge in [0.25, 0.3) is 0 Å². The molecule has 0 aliphatic carbocycles. The number of carbonyl (C=O) groups excluding carboxylic acids is 2. The van der Waals surface area contributed by atoms with Crippen LogP contribution in [-0.4, -0.2) is 95.3 Å². The van der Waals surface area contributed by atoms with E-state index in [0.717, 1.165) is 31.5 Å². The number of nitrogens with zero attached hydrogens (tertiary/aromatic N) is 3. The van der Waals surface area contributed by atoms with Gasteiger partial charge in [0.1, 0.15) is 0 Å². The predicted molar refractivity (Wildman–Crippen MR) is 130 cm³/mol. The molecule has 0 spiro atoms. The number of halogens is 2. The zero-order valence-corrected chi connectivity index (χ0v) is 20.3. The molecule has 33 heavy (non-hydrogen) atoms. The van der Waals surface area contributed by atoms with E-state index in [1.807, 2.05) is 4.90 Å². The largest absolute Gasteiger partial charge is 0.396 e. The molecule has 0 aromatic heterocycles. The van der Waals surface area contributed by atoms with Gasteiger partial charge in [-0.1, -0.05) is 29.3 Å². The summed E-state index contributed by atoms with van der Waals surface area (Å²) in [4.78, 5) is 31.0. The number of unbranched alkanes of at least 4 members (excludes halogenated alkanes) is 1. The summed E-state index contributed by atoms with van der Waals surface area (Å²) in [7, 11) is 0. The fraction of sp³-hybridized carbons (Fsp3) is 0.583. The van der Waals surface area contributed by atoms with Crippen LogP contribution in [0.2, 0.25) is 10.0 Å². The Balaban J connectivity index is 1.41. The Morgan fingerprint density at radius 2 is 1.88 bits per heavy atom. The summed E-state index contributed by atoms with van der Waals surface area (Å²) < 4.78 is 0. The van der Waals surface area contributed by atoms with Crippen LogP contribution in [0.25, 0.3) is 6.08 Å². The zero-order valence-electron chi connectivity index (χ0n) is 18.8. The lowest BCUT2D eigenvalue weighted by molar-refractivity contribution is -0.130. The number of benzene rings is 1. The van der Waals surface area contributed by atoms with Gasteiger partial charge in [-0.25, -0.2) is 0 Å². The normalized spacial score (nSPS) is 22.7. The second-order valence-corrected chi connectivity index (χ2v) is 9.58. The molecule has 2 unspecified atom stereocenters. The number of piperidine rings is 1. The van der Waals surface area contributed by atoms with Crippen molar-refractivity contribution in [2.45, 2.75) is 31.8 Å². The molecule has 7 nitrogen and oxygen atoms in total. The summed E-state index contributed by atoms with van der Waals surface area (Å²) in [5.41, 5.74) is 0.791. The van der Waals surface area contributed by atoms with E-state index in [0.29, 0.717) is 55.6 Å². The Morgan fingerprint density at radius 3 is 2.64 bits per heavy atom. The molecule has 2 aliphatic rings. The van der Waals surface area contributed by atoms with Crippen molar-refractivity contribution in [1.29, 1.82) is 0 Å². The summed E-state index contributed by atoms with van der Waals surface area (Å²) in [5.74, 6) is -0.109. The van der Waals surface area contributed by atoms with E-state index in [1.165, 1.54) is 6.08 Å². The van der Waals surface area contributed by atoms with E-state index < -0.39 is 6.10 Å². The van der Waals surface area contributed by atoms with Crippen LogP contribution in [0.4, 0.5) is 0 Å². The van der Waals surface area contributed by atoms with E-state index in [1.54, 1.807) is 29.2 Å². The molecule has 0 radical (unpaired) electrons. The third-order valence-corrected chi connectivity index (χ3v) is 7.17. The van der Waals surface area contributed by atoms with Gasteiger partial charge in [-0.2, -0.15) is 0 Å².